The molecule has 0 unspecified atom stereocenters. The van der Waals surface area contributed by atoms with E-state index in [1.807, 2.05) is 0 Å². The lowest BCUT2D eigenvalue weighted by atomic mass is 9.70. The van der Waals surface area contributed by atoms with E-state index in [4.69, 9.17) is 22.3 Å². The van der Waals surface area contributed by atoms with Crippen LogP contribution < -0.4 is 5.32 Å². The predicted octanol–water partition coefficient (Wildman–Crippen LogP) is 3.50. The minimum absolute atomic E-state index is 0.142. The van der Waals surface area contributed by atoms with Crippen LogP contribution in [0.5, 0.6) is 0 Å². The van der Waals surface area contributed by atoms with E-state index in [1.54, 1.807) is 6.92 Å². The molecule has 1 aromatic rings. The van der Waals surface area contributed by atoms with Gasteiger partial charge in [-0.25, -0.2) is 8.42 Å². The number of carbonyl (C=O) groups excluding carboxylic acids is 1. The second-order valence-corrected chi connectivity index (χ2v) is 8.84. The minimum atomic E-state index is -3.93. The number of carbonyl (C=O) groups is 1. The van der Waals surface area contributed by atoms with Gasteiger partial charge in [0.25, 0.3) is 15.0 Å². The zero-order valence-electron chi connectivity index (χ0n) is 11.9. The normalized spacial score (nSPS) is 17.1. The minimum Gasteiger partial charge on any atom is -0.351 e. The van der Waals surface area contributed by atoms with Crippen LogP contribution in [0, 0.1) is 12.3 Å². The molecule has 21 heavy (non-hydrogen) atoms. The standard InChI is InChI=1S/C14H17Cl2NO3S/c1-9-11(6-10(7-12(9)15)21(16,19)20)13(18)17-8-14(2)4-3-5-14/h6-7H,3-5,8H2,1-2H3,(H,17,18). The third-order valence-corrected chi connectivity index (χ3v) is 5.81. The van der Waals surface area contributed by atoms with Crippen LogP contribution in [0.25, 0.3) is 0 Å². The fourth-order valence-corrected chi connectivity index (χ4v) is 3.45. The van der Waals surface area contributed by atoms with Crippen LogP contribution in [-0.4, -0.2) is 20.9 Å². The van der Waals surface area contributed by atoms with E-state index >= 15 is 0 Å². The number of hydrogen-bond donors (Lipinski definition) is 1. The van der Waals surface area contributed by atoms with Crippen LogP contribution in [0.15, 0.2) is 17.0 Å². The fourth-order valence-electron chi connectivity index (χ4n) is 2.38. The summed E-state index contributed by atoms with van der Waals surface area (Å²) in [7, 11) is 1.40. The molecule has 116 valence electrons. The number of benzene rings is 1. The van der Waals surface area contributed by atoms with Crippen molar-refractivity contribution in [2.75, 3.05) is 6.54 Å². The van der Waals surface area contributed by atoms with Crippen molar-refractivity contribution < 1.29 is 13.2 Å². The summed E-state index contributed by atoms with van der Waals surface area (Å²) in [5.74, 6) is -0.329. The van der Waals surface area contributed by atoms with Crippen molar-refractivity contribution in [1.29, 1.82) is 0 Å². The number of nitrogens with one attached hydrogen (secondary N) is 1. The first kappa shape index (κ1) is 16.6. The Kier molecular flexibility index (Phi) is 4.57. The summed E-state index contributed by atoms with van der Waals surface area (Å²) in [5, 5.41) is 3.06. The third-order valence-electron chi connectivity index (χ3n) is 4.08. The summed E-state index contributed by atoms with van der Waals surface area (Å²) in [6, 6.07) is 2.52. The van der Waals surface area contributed by atoms with E-state index < -0.39 is 9.05 Å². The molecule has 7 heteroatoms. The van der Waals surface area contributed by atoms with Crippen LogP contribution >= 0.6 is 22.3 Å². The Morgan fingerprint density at radius 3 is 2.48 bits per heavy atom. The largest absolute Gasteiger partial charge is 0.351 e. The van der Waals surface area contributed by atoms with E-state index in [0.29, 0.717) is 12.1 Å². The van der Waals surface area contributed by atoms with Gasteiger partial charge in [0.2, 0.25) is 0 Å². The molecule has 0 atom stereocenters. The van der Waals surface area contributed by atoms with Gasteiger partial charge in [-0.2, -0.15) is 0 Å². The van der Waals surface area contributed by atoms with E-state index in [2.05, 4.69) is 12.2 Å². The fraction of sp³-hybridized carbons (Fsp3) is 0.500. The highest BCUT2D eigenvalue weighted by Gasteiger charge is 2.32. The Bertz CT molecular complexity index is 682. The van der Waals surface area contributed by atoms with Gasteiger partial charge in [0.15, 0.2) is 0 Å². The molecule has 1 aliphatic rings. The SMILES string of the molecule is Cc1c(Cl)cc(S(=O)(=O)Cl)cc1C(=O)NCC1(C)CCC1. The summed E-state index contributed by atoms with van der Waals surface area (Å²) < 4.78 is 22.8. The number of hydrogen-bond acceptors (Lipinski definition) is 3. The van der Waals surface area contributed by atoms with Gasteiger partial charge in [-0.3, -0.25) is 4.79 Å². The average molecular weight is 350 g/mol. The van der Waals surface area contributed by atoms with Gasteiger partial charge in [0.05, 0.1) is 4.90 Å². The van der Waals surface area contributed by atoms with Crippen molar-refractivity contribution in [3.05, 3.63) is 28.3 Å². The second-order valence-electron chi connectivity index (χ2n) is 5.86. The molecular weight excluding hydrogens is 333 g/mol. The van der Waals surface area contributed by atoms with Crippen LogP contribution in [0.1, 0.15) is 42.1 Å². The topological polar surface area (TPSA) is 63.2 Å². The lowest BCUT2D eigenvalue weighted by Gasteiger charge is -2.38. The molecule has 1 N–H and O–H groups in total. The van der Waals surface area contributed by atoms with Crippen molar-refractivity contribution in [2.45, 2.75) is 38.0 Å². The maximum atomic E-state index is 12.3. The van der Waals surface area contributed by atoms with Crippen molar-refractivity contribution in [2.24, 2.45) is 5.41 Å². The van der Waals surface area contributed by atoms with Crippen LogP contribution in [0.3, 0.4) is 0 Å². The van der Waals surface area contributed by atoms with E-state index in [9.17, 15) is 13.2 Å². The summed E-state index contributed by atoms with van der Waals surface area (Å²) in [4.78, 5) is 12.1. The van der Waals surface area contributed by atoms with Crippen LogP contribution in [-0.2, 0) is 9.05 Å². The first-order chi connectivity index (χ1) is 9.62. The van der Waals surface area contributed by atoms with Gasteiger partial charge in [-0.05, 0) is 42.9 Å². The Balaban J connectivity index is 2.25. The molecule has 2 rings (SSSR count). The summed E-state index contributed by atoms with van der Waals surface area (Å²) >= 11 is 5.99. The molecule has 0 bridgehead atoms. The van der Waals surface area contributed by atoms with Gasteiger partial charge in [-0.15, -0.1) is 0 Å². The Hall–Kier alpha value is -0.780. The first-order valence-corrected chi connectivity index (χ1v) is 9.34. The summed E-state index contributed by atoms with van der Waals surface area (Å²) in [6.45, 7) is 4.37. The monoisotopic (exact) mass is 349 g/mol. The van der Waals surface area contributed by atoms with Crippen molar-refractivity contribution in [3.8, 4) is 0 Å². The van der Waals surface area contributed by atoms with E-state index in [1.165, 1.54) is 18.6 Å². The highest BCUT2D eigenvalue weighted by Crippen LogP contribution is 2.39. The number of rotatable bonds is 4. The Morgan fingerprint density at radius 1 is 1.38 bits per heavy atom. The highest BCUT2D eigenvalue weighted by atomic mass is 35.7. The molecule has 1 aromatic carbocycles. The maximum Gasteiger partial charge on any atom is 0.261 e. The molecule has 0 aromatic heterocycles. The van der Waals surface area contributed by atoms with E-state index in [-0.39, 0.29) is 26.8 Å². The molecule has 1 amide bonds. The Morgan fingerprint density at radius 2 is 2.00 bits per heavy atom. The molecule has 0 aliphatic heterocycles. The smallest absolute Gasteiger partial charge is 0.261 e. The van der Waals surface area contributed by atoms with Crippen molar-refractivity contribution >= 4 is 37.2 Å². The predicted molar refractivity (Wildman–Crippen MR) is 83.5 cm³/mol. The van der Waals surface area contributed by atoms with Crippen LogP contribution in [0.2, 0.25) is 5.02 Å². The van der Waals surface area contributed by atoms with Crippen molar-refractivity contribution in [1.82, 2.24) is 5.32 Å². The van der Waals surface area contributed by atoms with Crippen molar-refractivity contribution in [3.63, 3.8) is 0 Å². The molecule has 1 aliphatic carbocycles. The first-order valence-electron chi connectivity index (χ1n) is 6.65. The lowest BCUT2D eigenvalue weighted by Crippen LogP contribution is -2.40. The molecule has 4 nitrogen and oxygen atoms in total. The maximum absolute atomic E-state index is 12.3. The highest BCUT2D eigenvalue weighted by molar-refractivity contribution is 8.13. The molecule has 0 spiro atoms. The molecular formula is C14H17Cl2NO3S. The van der Waals surface area contributed by atoms with Crippen LogP contribution in [0.4, 0.5) is 0 Å². The van der Waals surface area contributed by atoms with Gasteiger partial charge in [0, 0.05) is 27.8 Å². The van der Waals surface area contributed by atoms with Gasteiger partial charge in [0.1, 0.15) is 0 Å². The second kappa shape index (κ2) is 5.78. The summed E-state index contributed by atoms with van der Waals surface area (Å²) in [6.07, 6.45) is 3.35. The Labute approximate surface area is 134 Å². The molecule has 1 saturated carbocycles. The van der Waals surface area contributed by atoms with Gasteiger partial charge < -0.3 is 5.32 Å². The zero-order chi connectivity index (χ0) is 15.8. The number of amides is 1. The quantitative estimate of drug-likeness (QED) is 0.846. The summed E-state index contributed by atoms with van der Waals surface area (Å²) in [5.41, 5.74) is 0.922. The molecule has 0 saturated heterocycles. The zero-order valence-corrected chi connectivity index (χ0v) is 14.2. The van der Waals surface area contributed by atoms with E-state index in [0.717, 1.165) is 12.8 Å². The lowest BCUT2D eigenvalue weighted by molar-refractivity contribution is 0.0890. The number of halogens is 2. The third kappa shape index (κ3) is 3.71. The molecule has 0 radical (unpaired) electrons. The molecule has 0 heterocycles. The molecule has 1 fully saturated rings. The average Bonchev–Trinajstić information content (AvgIpc) is 2.35. The van der Waals surface area contributed by atoms with Gasteiger partial charge in [-0.1, -0.05) is 24.9 Å². The van der Waals surface area contributed by atoms with Gasteiger partial charge >= 0.3 is 0 Å².